The number of nitrogens with one attached hydrogen (secondary N) is 4. The number of hydrogen-bond donors (Lipinski definition) is 9. The number of hydrazine groups is 1. The van der Waals surface area contributed by atoms with Gasteiger partial charge in [0.1, 0.15) is 6.04 Å². The Morgan fingerprint density at radius 1 is 1.08 bits per heavy atom. The number of carboxylic acid groups (broad SMARTS) is 1. The number of hydrogen-bond acceptors (Lipinski definition) is 8. The Hall–Kier alpha value is -2.58. The first-order chi connectivity index (χ1) is 12.0. The van der Waals surface area contributed by atoms with Gasteiger partial charge >= 0.3 is 12.0 Å². The van der Waals surface area contributed by atoms with Crippen molar-refractivity contribution in [2.24, 2.45) is 11.5 Å². The van der Waals surface area contributed by atoms with Gasteiger partial charge in [0.05, 0.1) is 18.6 Å². The second-order valence-electron chi connectivity index (χ2n) is 5.16. The van der Waals surface area contributed by atoms with Crippen LogP contribution in [0.1, 0.15) is 13.3 Å². The molecule has 1 unspecified atom stereocenters. The summed E-state index contributed by atoms with van der Waals surface area (Å²) in [6.45, 7) is 1.13. The van der Waals surface area contributed by atoms with Crippen LogP contribution < -0.4 is 33.0 Å². The van der Waals surface area contributed by atoms with Crippen molar-refractivity contribution in [1.82, 2.24) is 21.5 Å². The van der Waals surface area contributed by atoms with E-state index >= 15 is 0 Å². The first-order valence-electron chi connectivity index (χ1n) is 7.21. The zero-order valence-electron chi connectivity index (χ0n) is 13.8. The van der Waals surface area contributed by atoms with E-state index in [1.54, 1.807) is 0 Å². The second kappa shape index (κ2) is 11.1. The minimum absolute atomic E-state index is 0.00297. The van der Waals surface area contributed by atoms with E-state index < -0.39 is 60.4 Å². The fourth-order valence-electron chi connectivity index (χ4n) is 1.53. The molecule has 0 bridgehead atoms. The van der Waals surface area contributed by atoms with Crippen LogP contribution in [0.2, 0.25) is 0 Å². The lowest BCUT2D eigenvalue weighted by Gasteiger charge is -2.21. The lowest BCUT2D eigenvalue weighted by atomic mass is 10.1. The quantitative estimate of drug-likeness (QED) is 0.137. The first kappa shape index (κ1) is 23.4. The number of aliphatic hydroxyl groups is 1. The molecule has 148 valence electrons. The van der Waals surface area contributed by atoms with E-state index in [1.807, 2.05) is 21.5 Å². The average molecular weight is 394 g/mol. The van der Waals surface area contributed by atoms with E-state index in [1.165, 1.54) is 0 Å². The smallest absolute Gasteiger partial charge is 0.328 e. The number of carbonyl (C=O) groups is 5. The zero-order chi connectivity index (χ0) is 20.4. The van der Waals surface area contributed by atoms with Gasteiger partial charge < -0.3 is 32.3 Å². The van der Waals surface area contributed by atoms with Crippen molar-refractivity contribution in [2.75, 3.05) is 5.75 Å². The highest BCUT2D eigenvalue weighted by Gasteiger charge is 2.28. The van der Waals surface area contributed by atoms with Crippen molar-refractivity contribution >= 4 is 42.4 Å². The number of urea groups is 1. The summed E-state index contributed by atoms with van der Waals surface area (Å²) in [5.74, 6) is -4.24. The summed E-state index contributed by atoms with van der Waals surface area (Å²) in [6, 6.07) is -5.34. The SMILES string of the molecule is CC(O)[C@H](NC(=O)N[C@@H](CC(N)=O)C(=O)NNC(=O)[C@@H](N)CS)C(=O)O. The number of nitrogens with two attached hydrogens (primary N) is 2. The summed E-state index contributed by atoms with van der Waals surface area (Å²) in [5, 5.41) is 22.1. The molecule has 14 heteroatoms. The number of thiol groups is 1. The molecule has 0 aliphatic rings. The molecule has 0 aromatic rings. The molecule has 5 amide bonds. The van der Waals surface area contributed by atoms with Crippen LogP contribution >= 0.6 is 12.6 Å². The first-order valence-corrected chi connectivity index (χ1v) is 7.85. The van der Waals surface area contributed by atoms with Crippen molar-refractivity contribution in [1.29, 1.82) is 0 Å². The number of carboxylic acids is 1. The van der Waals surface area contributed by atoms with E-state index in [9.17, 15) is 29.1 Å². The molecule has 0 rings (SSSR count). The van der Waals surface area contributed by atoms with Gasteiger partial charge in [0.2, 0.25) is 5.91 Å². The topological polar surface area (TPSA) is 226 Å². The molecule has 10 N–H and O–H groups in total. The fourth-order valence-corrected chi connectivity index (χ4v) is 1.69. The molecule has 0 aliphatic carbocycles. The lowest BCUT2D eigenvalue weighted by Crippen LogP contribution is -2.59. The average Bonchev–Trinajstić information content (AvgIpc) is 2.54. The maximum atomic E-state index is 12.0. The number of aliphatic hydroxyl groups excluding tert-OH is 1. The summed E-state index contributed by atoms with van der Waals surface area (Å²) in [7, 11) is 0. The van der Waals surface area contributed by atoms with Gasteiger partial charge in [0.15, 0.2) is 6.04 Å². The van der Waals surface area contributed by atoms with Crippen LogP contribution in [-0.4, -0.2) is 69.9 Å². The Balaban J connectivity index is 4.90. The van der Waals surface area contributed by atoms with E-state index in [4.69, 9.17) is 16.6 Å². The lowest BCUT2D eigenvalue weighted by molar-refractivity contribution is -0.141. The molecule has 0 radical (unpaired) electrons. The maximum absolute atomic E-state index is 12.0. The Bertz CT molecular complexity index is 558. The van der Waals surface area contributed by atoms with E-state index in [2.05, 4.69) is 12.6 Å². The van der Waals surface area contributed by atoms with Crippen LogP contribution in [0.3, 0.4) is 0 Å². The van der Waals surface area contributed by atoms with Gasteiger partial charge in [0.25, 0.3) is 11.8 Å². The molecule has 0 saturated carbocycles. The largest absolute Gasteiger partial charge is 0.480 e. The highest BCUT2D eigenvalue weighted by molar-refractivity contribution is 7.80. The van der Waals surface area contributed by atoms with Crippen LogP contribution in [0.25, 0.3) is 0 Å². The Kier molecular flexibility index (Phi) is 10.0. The van der Waals surface area contributed by atoms with E-state index in [-0.39, 0.29) is 5.75 Å². The van der Waals surface area contributed by atoms with Crippen molar-refractivity contribution in [3.63, 3.8) is 0 Å². The number of carbonyl (C=O) groups excluding carboxylic acids is 4. The van der Waals surface area contributed by atoms with Crippen LogP contribution in [0, 0.1) is 0 Å². The van der Waals surface area contributed by atoms with Gasteiger partial charge in [-0.05, 0) is 6.92 Å². The molecule has 0 fully saturated rings. The van der Waals surface area contributed by atoms with Crippen LogP contribution in [0.15, 0.2) is 0 Å². The summed E-state index contributed by atoms with van der Waals surface area (Å²) in [6.07, 6.45) is -2.07. The minimum atomic E-state index is -1.65. The Labute approximate surface area is 153 Å². The minimum Gasteiger partial charge on any atom is -0.480 e. The fraction of sp³-hybridized carbons (Fsp3) is 0.583. The van der Waals surface area contributed by atoms with Gasteiger partial charge in [-0.2, -0.15) is 12.6 Å². The molecule has 0 aromatic heterocycles. The predicted molar refractivity (Wildman–Crippen MR) is 90.5 cm³/mol. The number of primary amides is 1. The summed E-state index contributed by atoms with van der Waals surface area (Å²) < 4.78 is 0. The van der Waals surface area contributed by atoms with Crippen molar-refractivity contribution < 1.29 is 34.2 Å². The van der Waals surface area contributed by atoms with Crippen LogP contribution in [0.4, 0.5) is 4.79 Å². The van der Waals surface area contributed by atoms with Gasteiger partial charge in [-0.3, -0.25) is 25.2 Å². The third-order valence-electron chi connectivity index (χ3n) is 2.90. The van der Waals surface area contributed by atoms with Crippen molar-refractivity contribution in [2.45, 2.75) is 37.6 Å². The van der Waals surface area contributed by atoms with E-state index in [0.29, 0.717) is 0 Å². The third-order valence-corrected chi connectivity index (χ3v) is 3.30. The van der Waals surface area contributed by atoms with Gasteiger partial charge in [0, 0.05) is 5.75 Å². The molecule has 0 spiro atoms. The monoisotopic (exact) mass is 394 g/mol. The molecule has 26 heavy (non-hydrogen) atoms. The molecule has 0 saturated heterocycles. The van der Waals surface area contributed by atoms with Gasteiger partial charge in [-0.15, -0.1) is 0 Å². The highest BCUT2D eigenvalue weighted by atomic mass is 32.1. The van der Waals surface area contributed by atoms with Crippen molar-refractivity contribution in [3.8, 4) is 0 Å². The van der Waals surface area contributed by atoms with Crippen LogP contribution in [0.5, 0.6) is 0 Å². The summed E-state index contributed by atoms with van der Waals surface area (Å²) >= 11 is 3.80. The Morgan fingerprint density at radius 2 is 1.62 bits per heavy atom. The van der Waals surface area contributed by atoms with Gasteiger partial charge in [-0.25, -0.2) is 9.59 Å². The second-order valence-corrected chi connectivity index (χ2v) is 5.53. The normalized spacial score (nSPS) is 14.9. The number of aliphatic carboxylic acids is 1. The highest BCUT2D eigenvalue weighted by Crippen LogP contribution is 1.96. The Morgan fingerprint density at radius 3 is 2.04 bits per heavy atom. The molecule has 4 atom stereocenters. The molecule has 13 nitrogen and oxygen atoms in total. The van der Waals surface area contributed by atoms with E-state index in [0.717, 1.165) is 6.92 Å². The van der Waals surface area contributed by atoms with Crippen LogP contribution in [-0.2, 0) is 19.2 Å². The molecule has 0 aliphatic heterocycles. The molecular formula is C12H22N6O7S. The molecular weight excluding hydrogens is 372 g/mol. The zero-order valence-corrected chi connectivity index (χ0v) is 14.7. The summed E-state index contributed by atoms with van der Waals surface area (Å²) in [4.78, 5) is 57.2. The third kappa shape index (κ3) is 8.50. The number of amides is 5. The predicted octanol–water partition coefficient (Wildman–Crippen LogP) is -4.23. The molecule has 0 heterocycles. The van der Waals surface area contributed by atoms with Crippen molar-refractivity contribution in [3.05, 3.63) is 0 Å². The standard InChI is InChI=1S/C12H22N6O7S/c1-4(19)8(11(23)24)16-12(25)15-6(2-7(14)20)10(22)18-17-9(21)5(13)3-26/h4-6,8,19,26H,2-3,13H2,1H3,(H2,14,20)(H,17,21)(H,18,22)(H,23,24)(H2,15,16,25)/t4?,5-,6-,8-/m0/s1. The van der Waals surface area contributed by atoms with Gasteiger partial charge in [-0.1, -0.05) is 0 Å². The summed E-state index contributed by atoms with van der Waals surface area (Å²) in [5.41, 5.74) is 14.3. The molecule has 0 aromatic carbocycles. The maximum Gasteiger partial charge on any atom is 0.328 e. The number of rotatable bonds is 9.